The standard InChI is InChI=1S/C12H20N4O2/c1-10-7-11(18-14-10)8-15-3-5-16(6-4-15)9-12(17)13-2/h7H,3-6,8-9H2,1-2H3,(H,13,17). The molecule has 0 aromatic carbocycles. The van der Waals surface area contributed by atoms with Gasteiger partial charge < -0.3 is 9.84 Å². The SMILES string of the molecule is CNC(=O)CN1CCN(Cc2cc(C)no2)CC1. The van der Waals surface area contributed by atoms with Crippen LogP contribution in [0.2, 0.25) is 0 Å². The van der Waals surface area contributed by atoms with Gasteiger partial charge in [0.15, 0.2) is 5.76 Å². The molecule has 0 radical (unpaired) electrons. The molecule has 1 saturated heterocycles. The number of carbonyl (C=O) groups excluding carboxylic acids is 1. The van der Waals surface area contributed by atoms with Gasteiger partial charge in [-0.3, -0.25) is 14.6 Å². The van der Waals surface area contributed by atoms with E-state index in [0.717, 1.165) is 44.2 Å². The van der Waals surface area contributed by atoms with Crippen LogP contribution in [-0.2, 0) is 11.3 Å². The third-order valence-electron chi connectivity index (χ3n) is 3.17. The highest BCUT2D eigenvalue weighted by molar-refractivity contribution is 5.77. The van der Waals surface area contributed by atoms with Gasteiger partial charge in [-0.2, -0.15) is 0 Å². The number of hydrogen-bond acceptors (Lipinski definition) is 5. The predicted octanol–water partition coefficient (Wildman–Crippen LogP) is -0.153. The van der Waals surface area contributed by atoms with Gasteiger partial charge in [0.1, 0.15) is 0 Å². The van der Waals surface area contributed by atoms with Crippen LogP contribution in [-0.4, -0.2) is 60.6 Å². The van der Waals surface area contributed by atoms with E-state index in [1.807, 2.05) is 13.0 Å². The van der Waals surface area contributed by atoms with Crippen LogP contribution < -0.4 is 5.32 Å². The zero-order valence-electron chi connectivity index (χ0n) is 11.0. The maximum Gasteiger partial charge on any atom is 0.233 e. The van der Waals surface area contributed by atoms with Crippen molar-refractivity contribution in [3.05, 3.63) is 17.5 Å². The van der Waals surface area contributed by atoms with Crippen LogP contribution in [0.5, 0.6) is 0 Å². The van der Waals surface area contributed by atoms with Crippen molar-refractivity contribution in [1.29, 1.82) is 0 Å². The van der Waals surface area contributed by atoms with Crippen molar-refractivity contribution < 1.29 is 9.32 Å². The molecule has 2 rings (SSSR count). The Bertz CT molecular complexity index is 397. The summed E-state index contributed by atoms with van der Waals surface area (Å²) < 4.78 is 5.21. The minimum Gasteiger partial charge on any atom is -0.360 e. The summed E-state index contributed by atoms with van der Waals surface area (Å²) in [7, 11) is 1.67. The molecule has 1 N–H and O–H groups in total. The van der Waals surface area contributed by atoms with E-state index < -0.39 is 0 Å². The van der Waals surface area contributed by atoms with Crippen molar-refractivity contribution in [2.75, 3.05) is 39.8 Å². The normalized spacial score (nSPS) is 17.9. The number of aryl methyl sites for hydroxylation is 1. The quantitative estimate of drug-likeness (QED) is 0.807. The average Bonchev–Trinajstić information content (AvgIpc) is 2.77. The van der Waals surface area contributed by atoms with Crippen molar-refractivity contribution in [3.63, 3.8) is 0 Å². The molecule has 1 fully saturated rings. The van der Waals surface area contributed by atoms with Gasteiger partial charge in [0.05, 0.1) is 18.8 Å². The number of carbonyl (C=O) groups is 1. The second-order valence-electron chi connectivity index (χ2n) is 4.66. The Morgan fingerprint density at radius 3 is 2.61 bits per heavy atom. The molecular weight excluding hydrogens is 232 g/mol. The van der Waals surface area contributed by atoms with E-state index >= 15 is 0 Å². The summed E-state index contributed by atoms with van der Waals surface area (Å²) in [5, 5.41) is 6.53. The van der Waals surface area contributed by atoms with E-state index in [1.165, 1.54) is 0 Å². The molecule has 0 saturated carbocycles. The zero-order chi connectivity index (χ0) is 13.0. The summed E-state index contributed by atoms with van der Waals surface area (Å²) in [5.74, 6) is 0.988. The first-order valence-electron chi connectivity index (χ1n) is 6.25. The first kappa shape index (κ1) is 13.0. The lowest BCUT2D eigenvalue weighted by molar-refractivity contribution is -0.122. The second kappa shape index (κ2) is 5.97. The highest BCUT2D eigenvalue weighted by atomic mass is 16.5. The molecule has 0 atom stereocenters. The first-order chi connectivity index (χ1) is 8.67. The summed E-state index contributed by atoms with van der Waals surface area (Å²) in [6, 6.07) is 1.97. The van der Waals surface area contributed by atoms with E-state index in [1.54, 1.807) is 7.05 Å². The summed E-state index contributed by atoms with van der Waals surface area (Å²) >= 11 is 0. The van der Waals surface area contributed by atoms with Crippen LogP contribution in [0.4, 0.5) is 0 Å². The highest BCUT2D eigenvalue weighted by Gasteiger charge is 2.19. The lowest BCUT2D eigenvalue weighted by Crippen LogP contribution is -2.48. The number of amides is 1. The molecule has 1 aromatic heterocycles. The Labute approximate surface area is 107 Å². The molecule has 6 heteroatoms. The molecule has 1 aromatic rings. The van der Waals surface area contributed by atoms with Gasteiger partial charge in [0.25, 0.3) is 0 Å². The van der Waals surface area contributed by atoms with Crippen LogP contribution >= 0.6 is 0 Å². The van der Waals surface area contributed by atoms with Gasteiger partial charge in [-0.05, 0) is 6.92 Å². The van der Waals surface area contributed by atoms with E-state index in [0.29, 0.717) is 6.54 Å². The van der Waals surface area contributed by atoms with Crippen molar-refractivity contribution in [2.45, 2.75) is 13.5 Å². The number of aromatic nitrogens is 1. The largest absolute Gasteiger partial charge is 0.360 e. The molecular formula is C12H20N4O2. The zero-order valence-corrected chi connectivity index (χ0v) is 11.0. The van der Waals surface area contributed by atoms with Crippen LogP contribution in [0.25, 0.3) is 0 Å². The van der Waals surface area contributed by atoms with Gasteiger partial charge in [-0.15, -0.1) is 0 Å². The maximum atomic E-state index is 11.3. The first-order valence-corrected chi connectivity index (χ1v) is 6.25. The molecule has 0 bridgehead atoms. The Kier molecular flexibility index (Phi) is 4.33. The van der Waals surface area contributed by atoms with Crippen molar-refractivity contribution in [2.24, 2.45) is 0 Å². The van der Waals surface area contributed by atoms with Crippen LogP contribution in [0.15, 0.2) is 10.6 Å². The van der Waals surface area contributed by atoms with Gasteiger partial charge in [0, 0.05) is 39.3 Å². The van der Waals surface area contributed by atoms with E-state index in [9.17, 15) is 4.79 Å². The minimum atomic E-state index is 0.0781. The number of likely N-dealkylation sites (N-methyl/N-ethyl adjacent to an activating group) is 1. The lowest BCUT2D eigenvalue weighted by Gasteiger charge is -2.33. The maximum absolute atomic E-state index is 11.3. The topological polar surface area (TPSA) is 61.6 Å². The number of rotatable bonds is 4. The smallest absolute Gasteiger partial charge is 0.233 e. The van der Waals surface area contributed by atoms with E-state index in [-0.39, 0.29) is 5.91 Å². The summed E-state index contributed by atoms with van der Waals surface area (Å²) in [6.45, 7) is 6.96. The third-order valence-corrected chi connectivity index (χ3v) is 3.17. The van der Waals surface area contributed by atoms with Crippen LogP contribution in [0, 0.1) is 6.92 Å². The van der Waals surface area contributed by atoms with E-state index in [4.69, 9.17) is 4.52 Å². The molecule has 18 heavy (non-hydrogen) atoms. The molecule has 2 heterocycles. The number of hydrogen-bond donors (Lipinski definition) is 1. The molecule has 100 valence electrons. The molecule has 0 spiro atoms. The lowest BCUT2D eigenvalue weighted by atomic mass is 10.3. The molecule has 1 amide bonds. The number of nitrogens with one attached hydrogen (secondary N) is 1. The fourth-order valence-corrected chi connectivity index (χ4v) is 2.10. The van der Waals surface area contributed by atoms with E-state index in [2.05, 4.69) is 20.3 Å². The third kappa shape index (κ3) is 3.54. The molecule has 1 aliphatic heterocycles. The Morgan fingerprint density at radius 1 is 1.39 bits per heavy atom. The fraction of sp³-hybridized carbons (Fsp3) is 0.667. The van der Waals surface area contributed by atoms with Gasteiger partial charge in [0.2, 0.25) is 5.91 Å². The molecule has 0 unspecified atom stereocenters. The van der Waals surface area contributed by atoms with Crippen LogP contribution in [0.3, 0.4) is 0 Å². The number of nitrogens with zero attached hydrogens (tertiary/aromatic N) is 3. The average molecular weight is 252 g/mol. The fourth-order valence-electron chi connectivity index (χ4n) is 2.10. The van der Waals surface area contributed by atoms with Crippen LogP contribution in [0.1, 0.15) is 11.5 Å². The predicted molar refractivity (Wildman–Crippen MR) is 67.0 cm³/mol. The number of piperazine rings is 1. The molecule has 0 aliphatic carbocycles. The Morgan fingerprint density at radius 2 is 2.06 bits per heavy atom. The van der Waals surface area contributed by atoms with Gasteiger partial charge in [-0.25, -0.2) is 0 Å². The highest BCUT2D eigenvalue weighted by Crippen LogP contribution is 2.09. The summed E-state index contributed by atoms with van der Waals surface area (Å²) in [6.07, 6.45) is 0. The van der Waals surface area contributed by atoms with Crippen molar-refractivity contribution in [1.82, 2.24) is 20.3 Å². The monoisotopic (exact) mass is 252 g/mol. The Hall–Kier alpha value is -1.40. The summed E-state index contributed by atoms with van der Waals surface area (Å²) in [4.78, 5) is 15.8. The van der Waals surface area contributed by atoms with Crippen molar-refractivity contribution in [3.8, 4) is 0 Å². The van der Waals surface area contributed by atoms with Crippen molar-refractivity contribution >= 4 is 5.91 Å². The second-order valence-corrected chi connectivity index (χ2v) is 4.66. The van der Waals surface area contributed by atoms with Gasteiger partial charge in [-0.1, -0.05) is 5.16 Å². The minimum absolute atomic E-state index is 0.0781. The summed E-state index contributed by atoms with van der Waals surface area (Å²) in [5.41, 5.74) is 0.920. The Balaban J connectivity index is 1.75. The molecule has 1 aliphatic rings. The molecule has 6 nitrogen and oxygen atoms in total. The van der Waals surface area contributed by atoms with Gasteiger partial charge >= 0.3 is 0 Å².